The molecule has 0 saturated carbocycles. The molecule has 1 aromatic heterocycles. The molecule has 2 rings (SSSR count). The molecule has 3 N–H and O–H groups in total. The molecule has 92 valence electrons. The van der Waals surface area contributed by atoms with Crippen LogP contribution in [0.5, 0.6) is 0 Å². The zero-order valence-corrected chi connectivity index (χ0v) is 9.46. The van der Waals surface area contributed by atoms with Crippen LogP contribution in [0.1, 0.15) is 21.7 Å². The molecule has 6 heteroatoms. The van der Waals surface area contributed by atoms with Crippen molar-refractivity contribution in [2.45, 2.75) is 6.42 Å². The van der Waals surface area contributed by atoms with E-state index in [0.29, 0.717) is 12.2 Å². The minimum atomic E-state index is -1.37. The van der Waals surface area contributed by atoms with Crippen molar-refractivity contribution >= 4 is 11.8 Å². The van der Waals surface area contributed by atoms with Crippen molar-refractivity contribution in [1.29, 1.82) is 0 Å². The number of carboxylic acid groups (broad SMARTS) is 1. The minimum Gasteiger partial charge on any atom is -0.545 e. The first kappa shape index (κ1) is 12.0. The summed E-state index contributed by atoms with van der Waals surface area (Å²) in [5.74, 6) is 4.39. The molecule has 2 aromatic rings. The number of rotatable bonds is 4. The molecule has 0 aliphatic heterocycles. The molecule has 0 saturated heterocycles. The van der Waals surface area contributed by atoms with Crippen LogP contribution in [0, 0.1) is 0 Å². The highest BCUT2D eigenvalue weighted by atomic mass is 16.4. The largest absolute Gasteiger partial charge is 0.545 e. The van der Waals surface area contributed by atoms with Gasteiger partial charge in [-0.3, -0.25) is 0 Å². The zero-order valence-electron chi connectivity index (χ0n) is 9.46. The number of hydrazine groups is 1. The molecule has 0 radical (unpaired) electrons. The standard InChI is InChI=1S/C12H12N4O2/c13-16-11-9(12(17)18)7-14-10(15-11)6-8-4-2-1-3-5-8/h1-5,7H,6,13H2,(H,17,18)(H,14,15,16)/p-1. The number of carbonyl (C=O) groups excluding carboxylic acids is 1. The number of hydrogen-bond acceptors (Lipinski definition) is 6. The maximum Gasteiger partial charge on any atom is 0.152 e. The summed E-state index contributed by atoms with van der Waals surface area (Å²) in [5.41, 5.74) is 3.10. The topological polar surface area (TPSA) is 104 Å². The third kappa shape index (κ3) is 2.61. The lowest BCUT2D eigenvalue weighted by Crippen LogP contribution is -2.26. The van der Waals surface area contributed by atoms with Crippen molar-refractivity contribution in [3.05, 3.63) is 53.5 Å². The van der Waals surface area contributed by atoms with Crippen molar-refractivity contribution in [3.8, 4) is 0 Å². The van der Waals surface area contributed by atoms with Gasteiger partial charge in [0.05, 0.1) is 11.5 Å². The minimum absolute atomic E-state index is 0.0518. The Morgan fingerprint density at radius 3 is 2.67 bits per heavy atom. The van der Waals surface area contributed by atoms with E-state index < -0.39 is 5.97 Å². The predicted molar refractivity (Wildman–Crippen MR) is 63.4 cm³/mol. The number of nitrogens with one attached hydrogen (secondary N) is 1. The summed E-state index contributed by atoms with van der Waals surface area (Å²) >= 11 is 0. The Hall–Kier alpha value is -2.47. The molecule has 0 aliphatic rings. The van der Waals surface area contributed by atoms with E-state index >= 15 is 0 Å². The molecule has 1 heterocycles. The molecule has 1 aromatic carbocycles. The Morgan fingerprint density at radius 1 is 1.33 bits per heavy atom. The third-order valence-electron chi connectivity index (χ3n) is 2.40. The van der Waals surface area contributed by atoms with Crippen molar-refractivity contribution in [2.24, 2.45) is 5.84 Å². The molecule has 0 spiro atoms. The fraction of sp³-hybridized carbons (Fsp3) is 0.0833. The average molecular weight is 243 g/mol. The average Bonchev–Trinajstić information content (AvgIpc) is 2.39. The number of aromatic carboxylic acids is 1. The van der Waals surface area contributed by atoms with E-state index in [0.717, 1.165) is 5.56 Å². The van der Waals surface area contributed by atoms with E-state index in [1.54, 1.807) is 0 Å². The lowest BCUT2D eigenvalue weighted by molar-refractivity contribution is -0.255. The second-order valence-electron chi connectivity index (χ2n) is 3.64. The molecule has 0 fully saturated rings. The van der Waals surface area contributed by atoms with Crippen molar-refractivity contribution in [2.75, 3.05) is 5.43 Å². The first-order valence-corrected chi connectivity index (χ1v) is 5.28. The molecule has 0 aliphatic carbocycles. The van der Waals surface area contributed by atoms with Crippen LogP contribution in [0.4, 0.5) is 5.82 Å². The van der Waals surface area contributed by atoms with E-state index in [9.17, 15) is 9.90 Å². The van der Waals surface area contributed by atoms with Gasteiger partial charge in [-0.1, -0.05) is 30.3 Å². The Kier molecular flexibility index (Phi) is 3.49. The predicted octanol–water partition coefficient (Wildman–Crippen LogP) is -0.284. The van der Waals surface area contributed by atoms with Gasteiger partial charge in [-0.2, -0.15) is 0 Å². The Balaban J connectivity index is 2.28. The Labute approximate surface area is 103 Å². The smallest absolute Gasteiger partial charge is 0.152 e. The molecular formula is C12H11N4O2-. The summed E-state index contributed by atoms with van der Waals surface area (Å²) in [6.07, 6.45) is 1.69. The van der Waals surface area contributed by atoms with Gasteiger partial charge < -0.3 is 15.3 Å². The maximum atomic E-state index is 10.8. The monoisotopic (exact) mass is 243 g/mol. The van der Waals surface area contributed by atoms with Gasteiger partial charge in [0.25, 0.3) is 0 Å². The quantitative estimate of drug-likeness (QED) is 0.565. The fourth-order valence-electron chi connectivity index (χ4n) is 1.54. The van der Waals surface area contributed by atoms with Gasteiger partial charge in [-0.15, -0.1) is 0 Å². The normalized spacial score (nSPS) is 10.1. The van der Waals surface area contributed by atoms with Crippen LogP contribution in [0.15, 0.2) is 36.5 Å². The van der Waals surface area contributed by atoms with Gasteiger partial charge in [0, 0.05) is 12.6 Å². The van der Waals surface area contributed by atoms with Crippen molar-refractivity contribution in [1.82, 2.24) is 9.97 Å². The summed E-state index contributed by atoms with van der Waals surface area (Å²) in [6, 6.07) is 9.60. The van der Waals surface area contributed by atoms with E-state index in [1.807, 2.05) is 30.3 Å². The lowest BCUT2D eigenvalue weighted by atomic mass is 10.1. The van der Waals surface area contributed by atoms with Gasteiger partial charge in [0.15, 0.2) is 5.82 Å². The first-order chi connectivity index (χ1) is 8.70. The summed E-state index contributed by atoms with van der Waals surface area (Å²) in [7, 11) is 0. The van der Waals surface area contributed by atoms with Crippen LogP contribution < -0.4 is 16.4 Å². The SMILES string of the molecule is NNc1nc(Cc2ccccc2)ncc1C(=O)[O-]. The van der Waals surface area contributed by atoms with Gasteiger partial charge in [-0.25, -0.2) is 15.8 Å². The Morgan fingerprint density at radius 2 is 2.06 bits per heavy atom. The van der Waals surface area contributed by atoms with Crippen molar-refractivity contribution in [3.63, 3.8) is 0 Å². The fourth-order valence-corrected chi connectivity index (χ4v) is 1.54. The second kappa shape index (κ2) is 5.24. The van der Waals surface area contributed by atoms with E-state index in [2.05, 4.69) is 15.4 Å². The summed E-state index contributed by atoms with van der Waals surface area (Å²) in [5, 5.41) is 10.8. The molecule has 0 amide bonds. The van der Waals surface area contributed by atoms with Crippen molar-refractivity contribution < 1.29 is 9.90 Å². The highest BCUT2D eigenvalue weighted by molar-refractivity contribution is 5.90. The number of nitrogens with two attached hydrogens (primary N) is 1. The number of benzene rings is 1. The summed E-state index contributed by atoms with van der Waals surface area (Å²) in [6.45, 7) is 0. The van der Waals surface area contributed by atoms with Gasteiger partial charge in [-0.05, 0) is 5.56 Å². The van der Waals surface area contributed by atoms with E-state index in [1.165, 1.54) is 6.20 Å². The van der Waals surface area contributed by atoms with Crippen LogP contribution in [-0.2, 0) is 6.42 Å². The summed E-state index contributed by atoms with van der Waals surface area (Å²) in [4.78, 5) is 18.8. The number of anilines is 1. The molecule has 18 heavy (non-hydrogen) atoms. The van der Waals surface area contributed by atoms with Crippen LogP contribution in [0.25, 0.3) is 0 Å². The third-order valence-corrected chi connectivity index (χ3v) is 2.40. The second-order valence-corrected chi connectivity index (χ2v) is 3.64. The number of aromatic nitrogens is 2. The molecule has 0 unspecified atom stereocenters. The first-order valence-electron chi connectivity index (χ1n) is 5.28. The number of nitrogens with zero attached hydrogens (tertiary/aromatic N) is 2. The number of carbonyl (C=O) groups is 1. The number of nitrogen functional groups attached to an aromatic ring is 1. The van der Waals surface area contributed by atoms with Crippen LogP contribution >= 0.6 is 0 Å². The van der Waals surface area contributed by atoms with Gasteiger partial charge >= 0.3 is 0 Å². The highest BCUT2D eigenvalue weighted by Crippen LogP contribution is 2.12. The number of hydrogen-bond donors (Lipinski definition) is 2. The maximum absolute atomic E-state index is 10.8. The highest BCUT2D eigenvalue weighted by Gasteiger charge is 2.07. The van der Waals surface area contributed by atoms with E-state index in [-0.39, 0.29) is 11.4 Å². The van der Waals surface area contributed by atoms with Crippen LogP contribution in [0.2, 0.25) is 0 Å². The zero-order chi connectivity index (χ0) is 13.0. The summed E-state index contributed by atoms with van der Waals surface area (Å²) < 4.78 is 0. The Bertz CT molecular complexity index is 557. The van der Waals surface area contributed by atoms with Crippen LogP contribution in [0.3, 0.4) is 0 Å². The molecule has 0 bridgehead atoms. The van der Waals surface area contributed by atoms with Crippen LogP contribution in [-0.4, -0.2) is 15.9 Å². The van der Waals surface area contributed by atoms with Gasteiger partial charge in [0.1, 0.15) is 5.82 Å². The molecule has 0 atom stereocenters. The molecule has 6 nitrogen and oxygen atoms in total. The van der Waals surface area contributed by atoms with Gasteiger partial charge in [0.2, 0.25) is 0 Å². The number of carboxylic acids is 1. The lowest BCUT2D eigenvalue weighted by Gasteiger charge is -2.09. The van der Waals surface area contributed by atoms with E-state index in [4.69, 9.17) is 5.84 Å². The molecular weight excluding hydrogens is 232 g/mol.